The van der Waals surface area contributed by atoms with Crippen LogP contribution < -0.4 is 4.74 Å². The van der Waals surface area contributed by atoms with Gasteiger partial charge in [0.1, 0.15) is 5.75 Å². The summed E-state index contributed by atoms with van der Waals surface area (Å²) >= 11 is 0. The average molecular weight is 290 g/mol. The van der Waals surface area contributed by atoms with Crippen LogP contribution in [0.5, 0.6) is 5.75 Å². The molecular weight excluding hydrogens is 272 g/mol. The third-order valence-electron chi connectivity index (χ3n) is 3.32. The fraction of sp³-hybridized carbons (Fsp3) is 0.429. The molecule has 21 heavy (non-hydrogen) atoms. The number of nitrogens with zero attached hydrogens (tertiary/aromatic N) is 4. The summed E-state index contributed by atoms with van der Waals surface area (Å²) in [6.45, 7) is 4.08. The van der Waals surface area contributed by atoms with Gasteiger partial charge in [-0.25, -0.2) is 4.68 Å². The van der Waals surface area contributed by atoms with Crippen molar-refractivity contribution in [3.8, 4) is 17.1 Å². The number of carbonyl (C=O) groups is 1. The molecule has 1 atom stereocenters. The van der Waals surface area contributed by atoms with Gasteiger partial charge in [-0.05, 0) is 35.9 Å². The lowest BCUT2D eigenvalue weighted by Crippen LogP contribution is -2.14. The molecular formula is C14H18N4O3. The Balaban J connectivity index is 2.28. The van der Waals surface area contributed by atoms with Crippen molar-refractivity contribution in [3.63, 3.8) is 0 Å². The van der Waals surface area contributed by atoms with Crippen LogP contribution in [0, 0.1) is 12.8 Å². The Labute approximate surface area is 122 Å². The number of ether oxygens (including phenoxy) is 1. The van der Waals surface area contributed by atoms with Gasteiger partial charge in [0.25, 0.3) is 0 Å². The zero-order chi connectivity index (χ0) is 15.4. The number of tetrazole rings is 1. The van der Waals surface area contributed by atoms with Crippen LogP contribution >= 0.6 is 0 Å². The van der Waals surface area contributed by atoms with Gasteiger partial charge in [-0.2, -0.15) is 0 Å². The Morgan fingerprint density at radius 2 is 2.24 bits per heavy atom. The maximum absolute atomic E-state index is 10.9. The van der Waals surface area contributed by atoms with Gasteiger partial charge >= 0.3 is 5.97 Å². The largest absolute Gasteiger partial charge is 0.496 e. The van der Waals surface area contributed by atoms with Crippen LogP contribution in [-0.2, 0) is 11.3 Å². The Morgan fingerprint density at radius 3 is 2.90 bits per heavy atom. The molecule has 0 saturated heterocycles. The molecule has 2 rings (SSSR count). The maximum atomic E-state index is 10.9. The Hall–Kier alpha value is -2.44. The van der Waals surface area contributed by atoms with E-state index in [1.54, 1.807) is 18.7 Å². The first-order valence-electron chi connectivity index (χ1n) is 6.67. The minimum Gasteiger partial charge on any atom is -0.496 e. The summed E-state index contributed by atoms with van der Waals surface area (Å²) in [5, 5.41) is 20.6. The number of carboxylic acids is 1. The van der Waals surface area contributed by atoms with Crippen molar-refractivity contribution in [1.82, 2.24) is 20.2 Å². The molecule has 112 valence electrons. The van der Waals surface area contributed by atoms with Gasteiger partial charge in [-0.15, -0.1) is 5.10 Å². The number of benzene rings is 1. The quantitative estimate of drug-likeness (QED) is 0.872. The van der Waals surface area contributed by atoms with E-state index in [9.17, 15) is 4.79 Å². The summed E-state index contributed by atoms with van der Waals surface area (Å²) in [5.74, 6) is -0.00436. The van der Waals surface area contributed by atoms with Crippen LogP contribution in [0.2, 0.25) is 0 Å². The standard InChI is InChI=1S/C14H18N4O3/c1-9-4-5-12(21-3)11(8-9)13-15-16-17-18(13)7-6-10(2)14(19)20/h4-5,8,10H,6-7H2,1-3H3,(H,19,20). The van der Waals surface area contributed by atoms with E-state index in [0.717, 1.165) is 11.1 Å². The average Bonchev–Trinajstić information content (AvgIpc) is 2.92. The molecule has 0 radical (unpaired) electrons. The molecule has 7 nitrogen and oxygen atoms in total. The van der Waals surface area contributed by atoms with Crippen molar-refractivity contribution in [2.24, 2.45) is 5.92 Å². The van der Waals surface area contributed by atoms with E-state index in [1.165, 1.54) is 0 Å². The molecule has 2 aromatic rings. The molecule has 7 heteroatoms. The molecule has 1 unspecified atom stereocenters. The first kappa shape index (κ1) is 15.0. The van der Waals surface area contributed by atoms with Crippen LogP contribution in [0.25, 0.3) is 11.4 Å². The Kier molecular flexibility index (Phi) is 4.52. The van der Waals surface area contributed by atoms with E-state index in [-0.39, 0.29) is 0 Å². The van der Waals surface area contributed by atoms with Gasteiger partial charge in [0.15, 0.2) is 5.82 Å². The van der Waals surface area contributed by atoms with E-state index in [0.29, 0.717) is 24.5 Å². The number of methoxy groups -OCH3 is 1. The minimum atomic E-state index is -0.822. The van der Waals surface area contributed by atoms with E-state index >= 15 is 0 Å². The predicted molar refractivity (Wildman–Crippen MR) is 76.0 cm³/mol. The lowest BCUT2D eigenvalue weighted by molar-refractivity contribution is -0.141. The molecule has 1 aromatic heterocycles. The van der Waals surface area contributed by atoms with E-state index in [1.807, 2.05) is 25.1 Å². The van der Waals surface area contributed by atoms with Crippen LogP contribution in [0.1, 0.15) is 18.9 Å². The number of aromatic nitrogens is 4. The highest BCUT2D eigenvalue weighted by Gasteiger charge is 2.16. The smallest absolute Gasteiger partial charge is 0.306 e. The molecule has 0 aliphatic rings. The third-order valence-corrected chi connectivity index (χ3v) is 3.32. The van der Waals surface area contributed by atoms with Crippen LogP contribution in [0.4, 0.5) is 0 Å². The SMILES string of the molecule is COc1ccc(C)cc1-c1nnnn1CCC(C)C(=O)O. The number of aryl methyl sites for hydroxylation is 2. The second-order valence-corrected chi connectivity index (χ2v) is 4.96. The summed E-state index contributed by atoms with van der Waals surface area (Å²) < 4.78 is 6.95. The predicted octanol–water partition coefficient (Wildman–Crippen LogP) is 1.77. The van der Waals surface area contributed by atoms with E-state index in [4.69, 9.17) is 9.84 Å². The first-order valence-corrected chi connectivity index (χ1v) is 6.67. The molecule has 0 bridgehead atoms. The zero-order valence-electron chi connectivity index (χ0n) is 12.3. The van der Waals surface area contributed by atoms with Crippen molar-refractivity contribution in [1.29, 1.82) is 0 Å². The van der Waals surface area contributed by atoms with E-state index < -0.39 is 11.9 Å². The van der Waals surface area contributed by atoms with Crippen molar-refractivity contribution >= 4 is 5.97 Å². The third kappa shape index (κ3) is 3.36. The molecule has 0 saturated carbocycles. The minimum absolute atomic E-state index is 0.437. The van der Waals surface area contributed by atoms with Crippen LogP contribution in [0.15, 0.2) is 18.2 Å². The highest BCUT2D eigenvalue weighted by atomic mass is 16.5. The number of hydrogen-bond acceptors (Lipinski definition) is 5. The second kappa shape index (κ2) is 6.34. The lowest BCUT2D eigenvalue weighted by atomic mass is 10.1. The van der Waals surface area contributed by atoms with Crippen LogP contribution in [0.3, 0.4) is 0 Å². The van der Waals surface area contributed by atoms with Crippen LogP contribution in [-0.4, -0.2) is 38.4 Å². The summed E-state index contributed by atoms with van der Waals surface area (Å²) in [7, 11) is 1.59. The fourth-order valence-electron chi connectivity index (χ4n) is 1.98. The van der Waals surface area contributed by atoms with Gasteiger partial charge in [0.2, 0.25) is 0 Å². The molecule has 0 aliphatic heterocycles. The van der Waals surface area contributed by atoms with Gasteiger partial charge in [0, 0.05) is 6.54 Å². The molecule has 1 N–H and O–H groups in total. The summed E-state index contributed by atoms with van der Waals surface area (Å²) in [6, 6.07) is 5.76. The van der Waals surface area contributed by atoms with Crippen molar-refractivity contribution < 1.29 is 14.6 Å². The monoisotopic (exact) mass is 290 g/mol. The highest BCUT2D eigenvalue weighted by molar-refractivity contribution is 5.69. The molecule has 1 heterocycles. The van der Waals surface area contributed by atoms with Crippen molar-refractivity contribution in [2.75, 3.05) is 7.11 Å². The summed E-state index contributed by atoms with van der Waals surface area (Å²) in [6.07, 6.45) is 0.460. The Bertz CT molecular complexity index is 639. The molecule has 0 spiro atoms. The zero-order valence-corrected chi connectivity index (χ0v) is 12.3. The first-order chi connectivity index (χ1) is 10.0. The van der Waals surface area contributed by atoms with Crippen molar-refractivity contribution in [2.45, 2.75) is 26.8 Å². The van der Waals surface area contributed by atoms with Gasteiger partial charge in [0.05, 0.1) is 18.6 Å². The molecule has 0 fully saturated rings. The number of rotatable bonds is 6. The fourth-order valence-corrected chi connectivity index (χ4v) is 1.98. The summed E-state index contributed by atoms with van der Waals surface area (Å²) in [5.41, 5.74) is 1.87. The number of hydrogen-bond donors (Lipinski definition) is 1. The number of aliphatic carboxylic acids is 1. The van der Waals surface area contributed by atoms with Gasteiger partial charge in [-0.1, -0.05) is 18.6 Å². The lowest BCUT2D eigenvalue weighted by Gasteiger charge is -2.10. The molecule has 0 amide bonds. The number of carboxylic acid groups (broad SMARTS) is 1. The van der Waals surface area contributed by atoms with Gasteiger partial charge in [-0.3, -0.25) is 4.79 Å². The molecule has 0 aliphatic carbocycles. The van der Waals surface area contributed by atoms with Gasteiger partial charge < -0.3 is 9.84 Å². The second-order valence-electron chi connectivity index (χ2n) is 4.96. The van der Waals surface area contributed by atoms with E-state index in [2.05, 4.69) is 15.5 Å². The highest BCUT2D eigenvalue weighted by Crippen LogP contribution is 2.29. The summed E-state index contributed by atoms with van der Waals surface area (Å²) in [4.78, 5) is 10.9. The maximum Gasteiger partial charge on any atom is 0.306 e. The molecule has 1 aromatic carbocycles. The normalized spacial score (nSPS) is 12.1. The Morgan fingerprint density at radius 1 is 1.48 bits per heavy atom. The topological polar surface area (TPSA) is 90.1 Å². The van der Waals surface area contributed by atoms with Crippen molar-refractivity contribution in [3.05, 3.63) is 23.8 Å².